The zero-order valence-corrected chi connectivity index (χ0v) is 47.8. The molecule has 0 aromatic carbocycles. The van der Waals surface area contributed by atoms with Crippen LogP contribution in [0.2, 0.25) is 0 Å². The topological polar surface area (TPSA) is 95.9 Å². The zero-order chi connectivity index (χ0) is 50.7. The van der Waals surface area contributed by atoms with E-state index in [4.69, 9.17) is 4.74 Å². The van der Waals surface area contributed by atoms with Gasteiger partial charge < -0.3 is 20.3 Å². The van der Waals surface area contributed by atoms with Gasteiger partial charge in [0.2, 0.25) is 5.91 Å². The summed E-state index contributed by atoms with van der Waals surface area (Å²) in [5.41, 5.74) is 0. The van der Waals surface area contributed by atoms with Crippen LogP contribution in [-0.2, 0) is 14.3 Å². The molecule has 0 aliphatic rings. The van der Waals surface area contributed by atoms with E-state index in [-0.39, 0.29) is 18.5 Å². The van der Waals surface area contributed by atoms with Gasteiger partial charge in [-0.05, 0) is 25.7 Å². The van der Waals surface area contributed by atoms with Crippen LogP contribution in [-0.4, -0.2) is 47.4 Å². The fourth-order valence-corrected chi connectivity index (χ4v) is 10.5. The second kappa shape index (κ2) is 60.4. The molecule has 0 spiro atoms. The molecule has 0 fully saturated rings. The molecule has 0 bridgehead atoms. The summed E-state index contributed by atoms with van der Waals surface area (Å²) in [7, 11) is 0. The van der Waals surface area contributed by atoms with Crippen LogP contribution >= 0.6 is 0 Å². The number of amides is 1. The Bertz CT molecular complexity index is 1010. The fraction of sp³-hybridized carbons (Fsp3) is 0.969. The normalized spacial score (nSPS) is 12.5. The zero-order valence-electron chi connectivity index (χ0n) is 47.8. The van der Waals surface area contributed by atoms with Crippen molar-refractivity contribution in [3.05, 3.63) is 0 Å². The molecule has 0 radical (unpaired) electrons. The van der Waals surface area contributed by atoms with Gasteiger partial charge >= 0.3 is 5.97 Å². The van der Waals surface area contributed by atoms with E-state index in [0.29, 0.717) is 25.9 Å². The lowest BCUT2D eigenvalue weighted by molar-refractivity contribution is -0.143. The summed E-state index contributed by atoms with van der Waals surface area (Å²) in [6.07, 6.45) is 71.2. The molecule has 1 amide bonds. The Morgan fingerprint density at radius 2 is 0.586 bits per heavy atom. The molecule has 2 unspecified atom stereocenters. The summed E-state index contributed by atoms with van der Waals surface area (Å²) < 4.78 is 5.47. The van der Waals surface area contributed by atoms with Gasteiger partial charge in [0.25, 0.3) is 0 Å². The smallest absolute Gasteiger partial charge is 0.305 e. The van der Waals surface area contributed by atoms with E-state index in [1.807, 2.05) is 0 Å². The number of rotatable bonds is 61. The highest BCUT2D eigenvalue weighted by atomic mass is 16.5. The number of hydrogen-bond donors (Lipinski definition) is 3. The molecule has 70 heavy (non-hydrogen) atoms. The molecule has 3 N–H and O–H groups in total. The van der Waals surface area contributed by atoms with Crippen LogP contribution in [0.5, 0.6) is 0 Å². The maximum Gasteiger partial charge on any atom is 0.305 e. The molecule has 0 saturated carbocycles. The van der Waals surface area contributed by atoms with Crippen molar-refractivity contribution in [2.75, 3.05) is 13.2 Å². The van der Waals surface area contributed by atoms with Crippen molar-refractivity contribution in [2.24, 2.45) is 0 Å². The van der Waals surface area contributed by atoms with Crippen molar-refractivity contribution in [3.8, 4) is 0 Å². The Kier molecular flexibility index (Phi) is 59.4. The Balaban J connectivity index is 3.37. The molecule has 6 nitrogen and oxygen atoms in total. The van der Waals surface area contributed by atoms with Gasteiger partial charge in [0, 0.05) is 12.8 Å². The van der Waals surface area contributed by atoms with E-state index in [0.717, 1.165) is 38.5 Å². The van der Waals surface area contributed by atoms with Crippen molar-refractivity contribution in [3.63, 3.8) is 0 Å². The molecule has 0 aromatic rings. The maximum atomic E-state index is 12.5. The number of unbranched alkanes of at least 4 members (excludes halogenated alkanes) is 50. The Hall–Kier alpha value is -1.14. The summed E-state index contributed by atoms with van der Waals surface area (Å²) in [6, 6.07) is -0.540. The number of aliphatic hydroxyl groups excluding tert-OH is 2. The Labute approximate surface area is 438 Å². The first-order valence-electron chi connectivity index (χ1n) is 32.3. The van der Waals surface area contributed by atoms with Crippen LogP contribution in [0.15, 0.2) is 0 Å². The van der Waals surface area contributed by atoms with Gasteiger partial charge in [-0.3, -0.25) is 9.59 Å². The third kappa shape index (κ3) is 56.2. The summed E-state index contributed by atoms with van der Waals surface area (Å²) in [5, 5.41) is 23.4. The predicted octanol–water partition coefficient (Wildman–Crippen LogP) is 20.3. The fourth-order valence-electron chi connectivity index (χ4n) is 10.5. The first-order chi connectivity index (χ1) is 34.5. The van der Waals surface area contributed by atoms with Crippen LogP contribution in [0.4, 0.5) is 0 Å². The van der Waals surface area contributed by atoms with E-state index in [1.54, 1.807) is 0 Å². The Morgan fingerprint density at radius 1 is 0.343 bits per heavy atom. The average Bonchev–Trinajstić information content (AvgIpc) is 3.36. The Morgan fingerprint density at radius 3 is 0.871 bits per heavy atom. The predicted molar refractivity (Wildman–Crippen MR) is 306 cm³/mol. The van der Waals surface area contributed by atoms with Gasteiger partial charge in [0.15, 0.2) is 0 Å². The van der Waals surface area contributed by atoms with Gasteiger partial charge in [0.05, 0.1) is 25.4 Å². The molecular weight excluding hydrogens is 863 g/mol. The van der Waals surface area contributed by atoms with E-state index >= 15 is 0 Å². The van der Waals surface area contributed by atoms with Gasteiger partial charge in [0.1, 0.15) is 0 Å². The highest BCUT2D eigenvalue weighted by Gasteiger charge is 2.20. The van der Waals surface area contributed by atoms with E-state index < -0.39 is 12.1 Å². The summed E-state index contributed by atoms with van der Waals surface area (Å²) >= 11 is 0. The third-order valence-corrected chi connectivity index (χ3v) is 15.4. The van der Waals surface area contributed by atoms with Crippen LogP contribution < -0.4 is 5.32 Å². The lowest BCUT2D eigenvalue weighted by atomic mass is 10.0. The first-order valence-corrected chi connectivity index (χ1v) is 32.3. The second-order valence-electron chi connectivity index (χ2n) is 22.5. The van der Waals surface area contributed by atoms with Crippen LogP contribution in [0.25, 0.3) is 0 Å². The van der Waals surface area contributed by atoms with Crippen molar-refractivity contribution in [1.82, 2.24) is 5.32 Å². The molecular formula is C64H127NO5. The first kappa shape index (κ1) is 68.9. The van der Waals surface area contributed by atoms with Gasteiger partial charge in [-0.1, -0.05) is 335 Å². The minimum atomic E-state index is -0.663. The molecule has 0 rings (SSSR count). The maximum absolute atomic E-state index is 12.5. The molecule has 0 aromatic heterocycles. The molecule has 2 atom stereocenters. The SMILES string of the molecule is CCCCCCCCCCCCCCCCCCCCCC(O)C(CO)NC(=O)CCCCCCCCCCCCCCCCCCCCCCCCCOC(=O)CCCCCCCCCCCCC. The highest BCUT2D eigenvalue weighted by molar-refractivity contribution is 5.76. The average molecular weight is 991 g/mol. The monoisotopic (exact) mass is 990 g/mol. The summed E-state index contributed by atoms with van der Waals surface area (Å²) in [6.45, 7) is 4.99. The van der Waals surface area contributed by atoms with Crippen molar-refractivity contribution >= 4 is 11.9 Å². The number of aliphatic hydroxyl groups is 2. The molecule has 418 valence electrons. The van der Waals surface area contributed by atoms with Gasteiger partial charge in [-0.15, -0.1) is 0 Å². The van der Waals surface area contributed by atoms with E-state index in [9.17, 15) is 19.8 Å². The van der Waals surface area contributed by atoms with Crippen molar-refractivity contribution in [1.29, 1.82) is 0 Å². The lowest BCUT2D eigenvalue weighted by Crippen LogP contribution is -2.45. The number of esters is 1. The molecule has 0 aliphatic heterocycles. The number of nitrogens with one attached hydrogen (secondary N) is 1. The molecule has 0 saturated heterocycles. The van der Waals surface area contributed by atoms with Crippen LogP contribution in [0, 0.1) is 0 Å². The van der Waals surface area contributed by atoms with Crippen LogP contribution in [0.1, 0.15) is 373 Å². The summed E-state index contributed by atoms with van der Waals surface area (Å²) in [5.74, 6) is -0.0147. The summed E-state index contributed by atoms with van der Waals surface area (Å²) in [4.78, 5) is 24.5. The second-order valence-corrected chi connectivity index (χ2v) is 22.5. The van der Waals surface area contributed by atoms with Crippen molar-refractivity contribution in [2.45, 2.75) is 386 Å². The molecule has 6 heteroatoms. The standard InChI is InChI=1S/C64H127NO5/c1-3-5-7-9-11-13-15-16-17-18-24-27-30-33-37-40-44-48-52-56-62(67)61(60-66)65-63(68)57-53-49-45-41-38-34-31-28-25-22-20-19-21-23-26-29-32-35-39-43-47-51-55-59-70-64(69)58-54-50-46-42-36-14-12-10-8-6-4-2/h61-62,66-67H,3-60H2,1-2H3,(H,65,68). The molecule has 0 heterocycles. The van der Waals surface area contributed by atoms with E-state index in [2.05, 4.69) is 19.2 Å². The third-order valence-electron chi connectivity index (χ3n) is 15.4. The van der Waals surface area contributed by atoms with Gasteiger partial charge in [-0.25, -0.2) is 0 Å². The van der Waals surface area contributed by atoms with Gasteiger partial charge in [-0.2, -0.15) is 0 Å². The van der Waals surface area contributed by atoms with E-state index in [1.165, 1.54) is 302 Å². The number of carbonyl (C=O) groups is 2. The van der Waals surface area contributed by atoms with Crippen LogP contribution in [0.3, 0.4) is 0 Å². The number of ether oxygens (including phenoxy) is 1. The lowest BCUT2D eigenvalue weighted by Gasteiger charge is -2.22. The number of carbonyl (C=O) groups excluding carboxylic acids is 2. The minimum absolute atomic E-state index is 0.0152. The van der Waals surface area contributed by atoms with Crippen molar-refractivity contribution < 1.29 is 24.5 Å². The molecule has 0 aliphatic carbocycles. The minimum Gasteiger partial charge on any atom is -0.466 e. The quantitative estimate of drug-likeness (QED) is 0.0417. The highest BCUT2D eigenvalue weighted by Crippen LogP contribution is 2.19. The number of hydrogen-bond acceptors (Lipinski definition) is 5. The largest absolute Gasteiger partial charge is 0.466 e.